The monoisotopic (exact) mass is 532 g/mol. The first kappa shape index (κ1) is 26.4. The first-order valence-electron chi connectivity index (χ1n) is 15.2. The molecule has 0 saturated carbocycles. The molecule has 1 aliphatic rings. The van der Waals surface area contributed by atoms with Gasteiger partial charge in [-0.2, -0.15) is 0 Å². The molecular weight excluding hydrogens is 492 g/mol. The number of esters is 1. The molecule has 3 heterocycles. The molecule has 0 spiro atoms. The summed E-state index contributed by atoms with van der Waals surface area (Å²) in [6.45, 7) is 6.40. The summed E-state index contributed by atoms with van der Waals surface area (Å²) >= 11 is 0. The summed E-state index contributed by atoms with van der Waals surface area (Å²) in [4.78, 5) is 13.6. The van der Waals surface area contributed by atoms with Crippen molar-refractivity contribution in [1.29, 1.82) is 0 Å². The van der Waals surface area contributed by atoms with Gasteiger partial charge in [-0.25, -0.2) is 4.79 Å². The molecule has 3 aromatic carbocycles. The Morgan fingerprint density at radius 2 is 1.10 bits per heavy atom. The largest absolute Gasteiger partial charge is 0.440 e. The SMILES string of the molecule is CCCCCCn1cc(C2(c3cn(CCCCCC)c4ccccc34)OC(=O)c3ccccc32)c2ccccc21. The zero-order chi connectivity index (χ0) is 27.5. The van der Waals surface area contributed by atoms with Gasteiger partial charge in [0.05, 0.1) is 5.56 Å². The van der Waals surface area contributed by atoms with Crippen molar-refractivity contribution >= 4 is 27.8 Å². The number of ether oxygens (including phenoxy) is 1. The van der Waals surface area contributed by atoms with Crippen molar-refractivity contribution in [2.45, 2.75) is 83.9 Å². The Balaban J connectivity index is 1.58. The number of benzene rings is 3. The van der Waals surface area contributed by atoms with E-state index < -0.39 is 5.60 Å². The number of hydrogen-bond acceptors (Lipinski definition) is 2. The summed E-state index contributed by atoms with van der Waals surface area (Å²) in [7, 11) is 0. The zero-order valence-electron chi connectivity index (χ0n) is 23.9. The van der Waals surface area contributed by atoms with Gasteiger partial charge in [-0.1, -0.05) is 107 Å². The Morgan fingerprint density at radius 3 is 1.65 bits per heavy atom. The second-order valence-corrected chi connectivity index (χ2v) is 11.2. The van der Waals surface area contributed by atoms with Gasteiger partial charge in [0, 0.05) is 64.0 Å². The highest BCUT2D eigenvalue weighted by Crippen LogP contribution is 2.51. The molecule has 0 N–H and O–H groups in total. The van der Waals surface area contributed by atoms with Gasteiger partial charge in [0.2, 0.25) is 0 Å². The number of aryl methyl sites for hydroxylation is 2. The van der Waals surface area contributed by atoms with Crippen LogP contribution >= 0.6 is 0 Å². The summed E-state index contributed by atoms with van der Waals surface area (Å²) in [6, 6.07) is 25.2. The molecule has 0 bridgehead atoms. The van der Waals surface area contributed by atoms with E-state index in [0.717, 1.165) is 53.4 Å². The third kappa shape index (κ3) is 4.44. The van der Waals surface area contributed by atoms with Crippen LogP contribution in [0.5, 0.6) is 0 Å². The Hall–Kier alpha value is -3.79. The first-order valence-corrected chi connectivity index (χ1v) is 15.2. The number of carbonyl (C=O) groups excluding carboxylic acids is 1. The highest BCUT2D eigenvalue weighted by molar-refractivity contribution is 6.00. The fourth-order valence-corrected chi connectivity index (χ4v) is 6.60. The van der Waals surface area contributed by atoms with Crippen LogP contribution in [0, 0.1) is 0 Å². The molecule has 0 fully saturated rings. The van der Waals surface area contributed by atoms with E-state index in [2.05, 4.69) is 90.0 Å². The van der Waals surface area contributed by atoms with Crippen molar-refractivity contribution in [3.63, 3.8) is 0 Å². The van der Waals surface area contributed by atoms with Crippen LogP contribution in [0.3, 0.4) is 0 Å². The van der Waals surface area contributed by atoms with Crippen molar-refractivity contribution in [3.8, 4) is 0 Å². The van der Waals surface area contributed by atoms with Gasteiger partial charge in [0.25, 0.3) is 0 Å². The number of nitrogens with zero attached hydrogens (tertiary/aromatic N) is 2. The molecule has 0 aliphatic carbocycles. The predicted molar refractivity (Wildman–Crippen MR) is 164 cm³/mol. The second kappa shape index (κ2) is 11.4. The molecule has 6 rings (SSSR count). The van der Waals surface area contributed by atoms with Crippen molar-refractivity contribution in [1.82, 2.24) is 9.13 Å². The van der Waals surface area contributed by atoms with Crippen molar-refractivity contribution in [2.24, 2.45) is 0 Å². The standard InChI is InChI=1S/C36H40N2O2/c1-3-5-7-15-23-37-25-31(27-17-10-13-21-33(27)37)36(30-20-12-9-19-29(30)35(39)40-36)32-26-38(24-16-8-6-4-2)34-22-14-11-18-28(32)34/h9-14,17-22,25-26H,3-8,15-16,23-24H2,1-2H3. The maximum absolute atomic E-state index is 13.6. The summed E-state index contributed by atoms with van der Waals surface area (Å²) in [6.07, 6.45) is 14.2. The minimum absolute atomic E-state index is 0.254. The lowest BCUT2D eigenvalue weighted by Gasteiger charge is -2.29. The lowest BCUT2D eigenvalue weighted by atomic mass is 9.79. The fourth-order valence-electron chi connectivity index (χ4n) is 6.60. The number of rotatable bonds is 12. The van der Waals surface area contributed by atoms with E-state index >= 15 is 0 Å². The number of para-hydroxylation sites is 2. The number of carbonyl (C=O) groups is 1. The third-order valence-corrected chi connectivity index (χ3v) is 8.61. The van der Waals surface area contributed by atoms with Crippen LogP contribution in [-0.4, -0.2) is 15.1 Å². The number of fused-ring (bicyclic) bond motifs is 3. The van der Waals surface area contributed by atoms with E-state index in [9.17, 15) is 4.79 Å². The molecule has 40 heavy (non-hydrogen) atoms. The average molecular weight is 533 g/mol. The van der Waals surface area contributed by atoms with Crippen molar-refractivity contribution < 1.29 is 9.53 Å². The normalized spacial score (nSPS) is 14.2. The molecule has 206 valence electrons. The van der Waals surface area contributed by atoms with Gasteiger partial charge in [0.15, 0.2) is 5.60 Å². The molecule has 1 aliphatic heterocycles. The highest BCUT2D eigenvalue weighted by Gasteiger charge is 2.51. The van der Waals surface area contributed by atoms with Crippen LogP contribution in [-0.2, 0) is 23.4 Å². The molecule has 2 aromatic heterocycles. The van der Waals surface area contributed by atoms with Gasteiger partial charge in [0.1, 0.15) is 0 Å². The second-order valence-electron chi connectivity index (χ2n) is 11.2. The van der Waals surface area contributed by atoms with E-state index in [0.29, 0.717) is 5.56 Å². The summed E-state index contributed by atoms with van der Waals surface area (Å²) in [5.74, 6) is -0.254. The molecule has 0 saturated heterocycles. The van der Waals surface area contributed by atoms with Gasteiger partial charge >= 0.3 is 5.97 Å². The zero-order valence-corrected chi connectivity index (χ0v) is 23.9. The van der Waals surface area contributed by atoms with Gasteiger partial charge in [-0.05, 0) is 31.0 Å². The summed E-state index contributed by atoms with van der Waals surface area (Å²) in [5, 5.41) is 2.28. The van der Waals surface area contributed by atoms with Crippen LogP contribution in [0.15, 0.2) is 85.2 Å². The maximum Gasteiger partial charge on any atom is 0.340 e. The van der Waals surface area contributed by atoms with Crippen LogP contribution in [0.4, 0.5) is 0 Å². The van der Waals surface area contributed by atoms with Gasteiger partial charge in [-0.3, -0.25) is 0 Å². The number of unbranched alkanes of at least 4 members (excludes halogenated alkanes) is 6. The van der Waals surface area contributed by atoms with Crippen LogP contribution in [0.2, 0.25) is 0 Å². The Morgan fingerprint density at radius 1 is 0.600 bits per heavy atom. The van der Waals surface area contributed by atoms with E-state index in [1.165, 1.54) is 49.6 Å². The fraction of sp³-hybridized carbons (Fsp3) is 0.361. The van der Waals surface area contributed by atoms with Crippen LogP contribution in [0.1, 0.15) is 92.3 Å². The molecule has 0 amide bonds. The maximum atomic E-state index is 13.6. The molecule has 0 atom stereocenters. The lowest BCUT2D eigenvalue weighted by molar-refractivity contribution is 0.0259. The van der Waals surface area contributed by atoms with E-state index in [4.69, 9.17) is 4.74 Å². The average Bonchev–Trinajstić information content (AvgIpc) is 3.64. The smallest absolute Gasteiger partial charge is 0.340 e. The van der Waals surface area contributed by atoms with Gasteiger partial charge < -0.3 is 13.9 Å². The van der Waals surface area contributed by atoms with Crippen LogP contribution < -0.4 is 0 Å². The quantitative estimate of drug-likeness (QED) is 0.119. The third-order valence-electron chi connectivity index (χ3n) is 8.61. The summed E-state index contributed by atoms with van der Waals surface area (Å²) in [5.41, 5.74) is 5.05. The Kier molecular flexibility index (Phi) is 7.51. The van der Waals surface area contributed by atoms with E-state index in [-0.39, 0.29) is 5.97 Å². The molecule has 0 radical (unpaired) electrons. The predicted octanol–water partition coefficient (Wildman–Crippen LogP) is 9.22. The summed E-state index contributed by atoms with van der Waals surface area (Å²) < 4.78 is 11.4. The topological polar surface area (TPSA) is 36.2 Å². The number of aromatic nitrogens is 2. The molecular formula is C36H40N2O2. The first-order chi connectivity index (χ1) is 19.7. The van der Waals surface area contributed by atoms with Crippen LogP contribution in [0.25, 0.3) is 21.8 Å². The Bertz CT molecular complexity index is 1550. The van der Waals surface area contributed by atoms with Crippen molar-refractivity contribution in [3.05, 3.63) is 107 Å². The number of cyclic esters (lactones) is 1. The lowest BCUT2D eigenvalue weighted by Crippen LogP contribution is -2.29. The van der Waals surface area contributed by atoms with E-state index in [1.807, 2.05) is 18.2 Å². The molecule has 4 heteroatoms. The van der Waals surface area contributed by atoms with Gasteiger partial charge in [-0.15, -0.1) is 0 Å². The number of hydrogen-bond donors (Lipinski definition) is 0. The minimum Gasteiger partial charge on any atom is -0.440 e. The molecule has 5 aromatic rings. The molecule has 4 nitrogen and oxygen atoms in total. The van der Waals surface area contributed by atoms with E-state index in [1.54, 1.807) is 0 Å². The highest BCUT2D eigenvalue weighted by atomic mass is 16.6. The molecule has 0 unspecified atom stereocenters. The minimum atomic E-state index is -1.02. The Labute approximate surface area is 237 Å². The van der Waals surface area contributed by atoms with Crippen molar-refractivity contribution in [2.75, 3.05) is 0 Å².